The van der Waals surface area contributed by atoms with Crippen molar-refractivity contribution in [2.45, 2.75) is 91.9 Å². The Labute approximate surface area is 394 Å². The third-order valence-corrected chi connectivity index (χ3v) is 10.7. The number of anilines is 2. The van der Waals surface area contributed by atoms with Crippen molar-refractivity contribution in [2.75, 3.05) is 17.6 Å². The molecule has 8 rings (SSSR count). The van der Waals surface area contributed by atoms with Gasteiger partial charge in [0.2, 0.25) is 11.4 Å². The van der Waals surface area contributed by atoms with Gasteiger partial charge >= 0.3 is 17.1 Å². The molecule has 2 saturated carbocycles. The molecule has 4 heterocycles. The monoisotopic (exact) mass is 908 g/mol. The predicted molar refractivity (Wildman–Crippen MR) is 247 cm³/mol. The Morgan fingerprint density at radius 3 is 1.21 bits per heavy atom. The number of halogens is 2. The summed E-state index contributed by atoms with van der Waals surface area (Å²) in [6.07, 6.45) is 34.1. The molecule has 3 N–H and O–H groups in total. The zero-order valence-electron chi connectivity index (χ0n) is 35.6. The molecule has 0 atom stereocenters. The Kier molecular flexibility index (Phi) is 30.4. The zero-order valence-corrected chi connectivity index (χ0v) is 38.2. The zero-order chi connectivity index (χ0) is 37.4. The number of hydrogen-bond acceptors (Lipinski definition) is 2. The first-order valence-electron chi connectivity index (χ1n) is 20.1. The van der Waals surface area contributed by atoms with Crippen molar-refractivity contribution in [2.24, 2.45) is 20.0 Å². The largest absolute Gasteiger partial charge is 2.00 e. The normalized spacial score (nSPS) is 12.2. The first-order valence-corrected chi connectivity index (χ1v) is 20.1. The van der Waals surface area contributed by atoms with E-state index in [0.717, 1.165) is 23.8 Å². The van der Waals surface area contributed by atoms with E-state index >= 15 is 0 Å². The van der Waals surface area contributed by atoms with Crippen LogP contribution < -0.4 is 54.1 Å². The van der Waals surface area contributed by atoms with Gasteiger partial charge < -0.3 is 50.7 Å². The van der Waals surface area contributed by atoms with Crippen LogP contribution in [-0.2, 0) is 31.2 Å². The summed E-state index contributed by atoms with van der Waals surface area (Å²) in [5, 5.41) is 3.57. The molecule has 0 spiro atoms. The van der Waals surface area contributed by atoms with Gasteiger partial charge in [-0.05, 0) is 58.9 Å². The van der Waals surface area contributed by atoms with E-state index in [1.807, 2.05) is 42.9 Å². The summed E-state index contributed by atoms with van der Waals surface area (Å²) in [6.45, 7) is 1.07. The van der Waals surface area contributed by atoms with Crippen LogP contribution in [0.2, 0.25) is 0 Å². The molecular weight excluding hydrogens is 835 g/mol. The molecule has 6 aromatic rings. The maximum absolute atomic E-state index is 5.71. The van der Waals surface area contributed by atoms with Crippen LogP contribution in [0, 0.1) is 20.8 Å². The van der Waals surface area contributed by atoms with Crippen molar-refractivity contribution in [3.8, 4) is 33.6 Å². The minimum Gasteiger partial charge on any atom is -1.00 e. The number of rotatable bonds is 10. The molecule has 0 amide bonds. The molecule has 0 aliphatic heterocycles. The molecule has 0 radical (unpaired) electrons. The van der Waals surface area contributed by atoms with Crippen LogP contribution in [0.5, 0.6) is 0 Å². The van der Waals surface area contributed by atoms with E-state index in [-0.39, 0.29) is 71.6 Å². The van der Waals surface area contributed by atoms with Gasteiger partial charge in [0.15, 0.2) is 49.6 Å². The van der Waals surface area contributed by atoms with Gasteiger partial charge in [0, 0.05) is 90.7 Å². The third kappa shape index (κ3) is 19.1. The molecule has 332 valence electrons. The van der Waals surface area contributed by atoms with E-state index < -0.39 is 0 Å². The van der Waals surface area contributed by atoms with E-state index in [1.54, 1.807) is 0 Å². The molecule has 6 nitrogen and oxygen atoms in total. The fraction of sp³-hybridized carbons (Fsp3) is 0.346. The van der Waals surface area contributed by atoms with Gasteiger partial charge in [-0.1, -0.05) is 85.5 Å². The molecular formula is C52H74Cl2FeN6+2. The van der Waals surface area contributed by atoms with Gasteiger partial charge in [-0.15, -0.1) is 0 Å². The second kappa shape index (κ2) is 31.6. The summed E-state index contributed by atoms with van der Waals surface area (Å²) in [5.41, 5.74) is 14.9. The van der Waals surface area contributed by atoms with Crippen molar-refractivity contribution in [3.05, 3.63) is 161 Å². The van der Waals surface area contributed by atoms with Crippen LogP contribution in [-0.4, -0.2) is 6.54 Å². The molecule has 2 aliphatic carbocycles. The standard InChI is InChI=1S/C26H32N3.C17H16N3.C5H10.2CH4.2CH3.2ClH.Fe/c1-28-18-13-23(14-19-28)24-15-20-29(21-16-24)26-11-9-25(10-12-26)27-17-5-4-8-22-6-2-3-7-22;1-19-10-6-14(7-11-19)15-8-12-20(13-9-15)17-4-2-16(18)3-5-17;1-2-4-5-3-1;;;;;;;/h9-16,18-22H,2-8,17H2,1H3;2-13,18H,1H3;1-5H2;2*1H4;2*1H3;2*1H;/q2*+1;;;;2*-1;;;+2. The number of nitrogens with zero attached hydrogens (tertiary/aromatic N) is 4. The van der Waals surface area contributed by atoms with Gasteiger partial charge in [-0.25, -0.2) is 9.13 Å². The Morgan fingerprint density at radius 1 is 0.492 bits per heavy atom. The van der Waals surface area contributed by atoms with Crippen molar-refractivity contribution in [3.63, 3.8) is 0 Å². The maximum Gasteiger partial charge on any atom is 2.00 e. The predicted octanol–water partition coefficient (Wildman–Crippen LogP) is 5.39. The van der Waals surface area contributed by atoms with E-state index in [9.17, 15) is 0 Å². The first-order chi connectivity index (χ1) is 26.5. The van der Waals surface area contributed by atoms with Gasteiger partial charge in [-0.2, -0.15) is 9.13 Å². The van der Waals surface area contributed by atoms with E-state index in [1.165, 1.54) is 111 Å². The number of aromatic nitrogens is 4. The van der Waals surface area contributed by atoms with Crippen molar-refractivity contribution < 1.29 is 60.2 Å². The average Bonchev–Trinajstić information content (AvgIpc) is 3.98. The van der Waals surface area contributed by atoms with Crippen molar-refractivity contribution in [1.82, 2.24) is 0 Å². The second-order valence-corrected chi connectivity index (χ2v) is 15.0. The summed E-state index contributed by atoms with van der Waals surface area (Å²) in [4.78, 5) is 0. The molecule has 0 unspecified atom stereocenters. The summed E-state index contributed by atoms with van der Waals surface area (Å²) in [6, 6.07) is 33.7. The van der Waals surface area contributed by atoms with E-state index in [4.69, 9.17) is 5.73 Å². The van der Waals surface area contributed by atoms with Gasteiger partial charge in [-0.3, -0.25) is 0 Å². The second-order valence-electron chi connectivity index (χ2n) is 15.0. The molecule has 2 fully saturated rings. The Hall–Kier alpha value is -4.26. The van der Waals surface area contributed by atoms with Crippen molar-refractivity contribution >= 4 is 11.4 Å². The van der Waals surface area contributed by atoms with Crippen LogP contribution >= 0.6 is 0 Å². The topological polar surface area (TPSA) is 53.6 Å². The Balaban J connectivity index is 0. The van der Waals surface area contributed by atoms with Crippen LogP contribution in [0.25, 0.3) is 33.6 Å². The fourth-order valence-electron chi connectivity index (χ4n) is 7.34. The number of nitrogens with two attached hydrogens (primary N) is 1. The van der Waals surface area contributed by atoms with Crippen molar-refractivity contribution in [1.29, 1.82) is 0 Å². The van der Waals surface area contributed by atoms with Crippen LogP contribution in [0.15, 0.2) is 147 Å². The SMILES string of the molecule is C.C.C1CCCC1.C[n+]1ccc(-c2cc[n+](-c3ccc(N)cc3)cc2)cc1.C[n+]1ccc(-c2cc[n+](-c3ccc(NCCCCC4CCCC4)cc3)cc2)cc1.[CH3-].[CH3-].[Cl-].[Cl-].[Fe+2]. The molecule has 0 saturated heterocycles. The number of aryl methyl sites for hydroxylation is 2. The Morgan fingerprint density at radius 2 is 0.836 bits per heavy atom. The third-order valence-electron chi connectivity index (χ3n) is 10.7. The van der Waals surface area contributed by atoms with Gasteiger partial charge in [0.25, 0.3) is 0 Å². The van der Waals surface area contributed by atoms with Gasteiger partial charge in [0.1, 0.15) is 14.1 Å². The minimum atomic E-state index is 0. The molecule has 0 bridgehead atoms. The number of pyridine rings is 4. The van der Waals surface area contributed by atoms with Gasteiger partial charge in [0.05, 0.1) is 0 Å². The summed E-state index contributed by atoms with van der Waals surface area (Å²) in [7, 11) is 4.06. The number of unbranched alkanes of at least 4 members (excludes halogenated alkanes) is 1. The average molecular weight is 910 g/mol. The summed E-state index contributed by atoms with van der Waals surface area (Å²) in [5.74, 6) is 1.02. The number of hydrogen-bond donors (Lipinski definition) is 2. The van der Waals surface area contributed by atoms with Crippen LogP contribution in [0.1, 0.15) is 91.9 Å². The number of nitrogen functional groups attached to an aromatic ring is 1. The quantitative estimate of drug-likeness (QED) is 0.0638. The summed E-state index contributed by atoms with van der Waals surface area (Å²) < 4.78 is 8.32. The number of benzene rings is 2. The maximum atomic E-state index is 5.71. The smallest absolute Gasteiger partial charge is 1.00 e. The minimum absolute atomic E-state index is 0. The summed E-state index contributed by atoms with van der Waals surface area (Å²) >= 11 is 0. The molecule has 2 aromatic carbocycles. The van der Waals surface area contributed by atoms with Crippen LogP contribution in [0.3, 0.4) is 0 Å². The van der Waals surface area contributed by atoms with E-state index in [0.29, 0.717) is 0 Å². The molecule has 61 heavy (non-hydrogen) atoms. The first kappa shape index (κ1) is 58.8. The molecule has 2 aliphatic rings. The number of nitrogens with one attached hydrogen (secondary N) is 1. The van der Waals surface area contributed by atoms with Crippen LogP contribution in [0.4, 0.5) is 11.4 Å². The fourth-order valence-corrected chi connectivity index (χ4v) is 7.34. The molecule has 4 aromatic heterocycles. The van der Waals surface area contributed by atoms with E-state index in [2.05, 4.69) is 141 Å². The molecule has 9 heteroatoms. The Bertz CT molecular complexity index is 1890.